The number of carboxylic acids is 1. The standard InChI is InChI=1S/C15H14ClN3O3/c1-2-3-7-15(18-19-15)8-6-13(20)17-10-4-5-12(16)11(9-10)14(21)22/h1,4-5,9H,3,6-8H2,(H,17,20)(H,21,22). The average molecular weight is 320 g/mol. The van der Waals surface area contributed by atoms with Gasteiger partial charge in [0.1, 0.15) is 0 Å². The number of nitrogens with one attached hydrogen (secondary N) is 1. The van der Waals surface area contributed by atoms with Crippen LogP contribution in [0.15, 0.2) is 28.4 Å². The molecule has 1 aromatic carbocycles. The number of halogens is 1. The molecule has 0 radical (unpaired) electrons. The van der Waals surface area contributed by atoms with Gasteiger partial charge in [0.25, 0.3) is 0 Å². The first-order chi connectivity index (χ1) is 10.5. The number of carbonyl (C=O) groups is 2. The minimum Gasteiger partial charge on any atom is -0.478 e. The summed E-state index contributed by atoms with van der Waals surface area (Å²) in [6.45, 7) is 0. The second-order valence-electron chi connectivity index (χ2n) is 4.93. The third kappa shape index (κ3) is 4.06. The van der Waals surface area contributed by atoms with Gasteiger partial charge in [-0.2, -0.15) is 10.2 Å². The zero-order chi connectivity index (χ0) is 16.2. The van der Waals surface area contributed by atoms with Gasteiger partial charge in [-0.25, -0.2) is 4.79 Å². The topological polar surface area (TPSA) is 91.1 Å². The Balaban J connectivity index is 1.89. The molecule has 0 aliphatic carbocycles. The molecule has 1 aromatic rings. The van der Waals surface area contributed by atoms with Crippen molar-refractivity contribution in [1.82, 2.24) is 0 Å². The lowest BCUT2D eigenvalue weighted by Crippen LogP contribution is -2.17. The van der Waals surface area contributed by atoms with E-state index >= 15 is 0 Å². The van der Waals surface area contributed by atoms with Gasteiger partial charge in [-0.05, 0) is 18.2 Å². The maximum absolute atomic E-state index is 11.9. The van der Waals surface area contributed by atoms with E-state index in [1.54, 1.807) is 6.07 Å². The number of terminal acetylenes is 1. The first-order valence-electron chi connectivity index (χ1n) is 6.66. The van der Waals surface area contributed by atoms with Crippen molar-refractivity contribution in [2.24, 2.45) is 10.2 Å². The van der Waals surface area contributed by atoms with Crippen molar-refractivity contribution in [2.45, 2.75) is 31.3 Å². The van der Waals surface area contributed by atoms with Crippen LogP contribution >= 0.6 is 11.6 Å². The second-order valence-corrected chi connectivity index (χ2v) is 5.34. The van der Waals surface area contributed by atoms with Gasteiger partial charge >= 0.3 is 5.97 Å². The molecule has 0 aromatic heterocycles. The van der Waals surface area contributed by atoms with Crippen molar-refractivity contribution in [1.29, 1.82) is 0 Å². The lowest BCUT2D eigenvalue weighted by atomic mass is 10.0. The van der Waals surface area contributed by atoms with Gasteiger partial charge in [-0.15, -0.1) is 12.3 Å². The van der Waals surface area contributed by atoms with E-state index in [0.29, 0.717) is 24.9 Å². The van der Waals surface area contributed by atoms with E-state index < -0.39 is 11.6 Å². The van der Waals surface area contributed by atoms with Crippen LogP contribution in [0.2, 0.25) is 5.02 Å². The van der Waals surface area contributed by atoms with E-state index in [4.69, 9.17) is 23.1 Å². The molecule has 22 heavy (non-hydrogen) atoms. The third-order valence-corrected chi connectivity index (χ3v) is 3.62. The fraction of sp³-hybridized carbons (Fsp3) is 0.333. The van der Waals surface area contributed by atoms with Crippen molar-refractivity contribution in [3.63, 3.8) is 0 Å². The van der Waals surface area contributed by atoms with Crippen molar-refractivity contribution >= 4 is 29.2 Å². The molecule has 1 aliphatic rings. The summed E-state index contributed by atoms with van der Waals surface area (Å²) in [6, 6.07) is 4.30. The summed E-state index contributed by atoms with van der Waals surface area (Å²) < 4.78 is 0. The van der Waals surface area contributed by atoms with Gasteiger partial charge in [0.2, 0.25) is 5.91 Å². The highest BCUT2D eigenvalue weighted by molar-refractivity contribution is 6.33. The molecule has 1 amide bonds. The number of nitrogens with zero attached hydrogens (tertiary/aromatic N) is 2. The normalized spacial score (nSPS) is 14.2. The van der Waals surface area contributed by atoms with Crippen molar-refractivity contribution < 1.29 is 14.7 Å². The number of aromatic carboxylic acids is 1. The molecule has 0 unspecified atom stereocenters. The lowest BCUT2D eigenvalue weighted by Gasteiger charge is -2.10. The highest BCUT2D eigenvalue weighted by atomic mass is 35.5. The Labute approximate surface area is 132 Å². The van der Waals surface area contributed by atoms with E-state index in [9.17, 15) is 9.59 Å². The van der Waals surface area contributed by atoms with E-state index in [1.807, 2.05) is 0 Å². The Bertz CT molecular complexity index is 673. The molecule has 114 valence electrons. The largest absolute Gasteiger partial charge is 0.478 e. The number of benzene rings is 1. The van der Waals surface area contributed by atoms with E-state index in [0.717, 1.165) is 0 Å². The van der Waals surface area contributed by atoms with Crippen LogP contribution < -0.4 is 5.32 Å². The number of anilines is 1. The molecule has 7 heteroatoms. The van der Waals surface area contributed by atoms with Crippen LogP contribution in [0.3, 0.4) is 0 Å². The Hall–Kier alpha value is -2.39. The fourth-order valence-electron chi connectivity index (χ4n) is 1.97. The first-order valence-corrected chi connectivity index (χ1v) is 7.04. The summed E-state index contributed by atoms with van der Waals surface area (Å²) in [6.07, 6.45) is 7.11. The lowest BCUT2D eigenvalue weighted by molar-refractivity contribution is -0.116. The van der Waals surface area contributed by atoms with Crippen LogP contribution in [0.4, 0.5) is 5.69 Å². The maximum atomic E-state index is 11.9. The quantitative estimate of drug-likeness (QED) is 0.755. The molecule has 0 atom stereocenters. The van der Waals surface area contributed by atoms with Crippen LogP contribution in [0, 0.1) is 12.3 Å². The second kappa shape index (κ2) is 6.58. The van der Waals surface area contributed by atoms with Crippen molar-refractivity contribution in [2.75, 3.05) is 5.32 Å². The highest BCUT2D eigenvalue weighted by Gasteiger charge is 2.39. The number of hydrogen-bond donors (Lipinski definition) is 2. The first kappa shape index (κ1) is 16.0. The third-order valence-electron chi connectivity index (χ3n) is 3.29. The van der Waals surface area contributed by atoms with Gasteiger partial charge in [0, 0.05) is 31.4 Å². The molecular weight excluding hydrogens is 306 g/mol. The zero-order valence-electron chi connectivity index (χ0n) is 11.7. The molecular formula is C15H14ClN3O3. The summed E-state index contributed by atoms with van der Waals surface area (Å²) >= 11 is 5.77. The minimum absolute atomic E-state index is 0.0582. The monoisotopic (exact) mass is 319 g/mol. The Morgan fingerprint density at radius 1 is 1.36 bits per heavy atom. The van der Waals surface area contributed by atoms with E-state index in [2.05, 4.69) is 21.5 Å². The van der Waals surface area contributed by atoms with Crippen LogP contribution in [-0.2, 0) is 4.79 Å². The van der Waals surface area contributed by atoms with Crippen molar-refractivity contribution in [3.8, 4) is 12.3 Å². The predicted octanol–water partition coefficient (Wildman–Crippen LogP) is 3.33. The molecule has 2 N–H and O–H groups in total. The van der Waals surface area contributed by atoms with Crippen LogP contribution in [-0.4, -0.2) is 22.6 Å². The minimum atomic E-state index is -1.15. The van der Waals surface area contributed by atoms with Crippen LogP contribution in [0.25, 0.3) is 0 Å². The fourth-order valence-corrected chi connectivity index (χ4v) is 2.17. The molecule has 0 bridgehead atoms. The Morgan fingerprint density at radius 3 is 2.68 bits per heavy atom. The van der Waals surface area contributed by atoms with E-state index in [1.165, 1.54) is 12.1 Å². The summed E-state index contributed by atoms with van der Waals surface area (Å²) in [7, 11) is 0. The van der Waals surface area contributed by atoms with E-state index in [-0.39, 0.29) is 22.9 Å². The molecule has 0 fully saturated rings. The summed E-state index contributed by atoms with van der Waals surface area (Å²) in [5.74, 6) is 1.14. The molecule has 1 heterocycles. The van der Waals surface area contributed by atoms with Gasteiger partial charge in [-0.1, -0.05) is 11.6 Å². The Morgan fingerprint density at radius 2 is 2.09 bits per heavy atom. The van der Waals surface area contributed by atoms with Crippen LogP contribution in [0.1, 0.15) is 36.0 Å². The molecule has 0 saturated carbocycles. The molecule has 2 rings (SSSR count). The van der Waals surface area contributed by atoms with Gasteiger partial charge in [0.05, 0.1) is 10.6 Å². The smallest absolute Gasteiger partial charge is 0.337 e. The maximum Gasteiger partial charge on any atom is 0.337 e. The summed E-state index contributed by atoms with van der Waals surface area (Å²) in [5, 5.41) is 19.7. The zero-order valence-corrected chi connectivity index (χ0v) is 12.4. The SMILES string of the molecule is C#CCCC1(CCC(=O)Nc2ccc(Cl)c(C(=O)O)c2)N=N1. The number of rotatable bonds is 7. The van der Waals surface area contributed by atoms with Crippen LogP contribution in [0.5, 0.6) is 0 Å². The van der Waals surface area contributed by atoms with Crippen molar-refractivity contribution in [3.05, 3.63) is 28.8 Å². The summed E-state index contributed by atoms with van der Waals surface area (Å²) in [4.78, 5) is 22.9. The molecule has 1 aliphatic heterocycles. The van der Waals surface area contributed by atoms with Gasteiger partial charge < -0.3 is 10.4 Å². The van der Waals surface area contributed by atoms with Gasteiger partial charge in [0.15, 0.2) is 5.66 Å². The molecule has 0 spiro atoms. The predicted molar refractivity (Wildman–Crippen MR) is 81.9 cm³/mol. The Kier molecular flexibility index (Phi) is 4.78. The number of amides is 1. The number of carbonyl (C=O) groups excluding carboxylic acids is 1. The molecule has 6 nitrogen and oxygen atoms in total. The highest BCUT2D eigenvalue weighted by Crippen LogP contribution is 2.37. The number of hydrogen-bond acceptors (Lipinski definition) is 4. The van der Waals surface area contributed by atoms with Gasteiger partial charge in [-0.3, -0.25) is 4.79 Å². The number of carboxylic acid groups (broad SMARTS) is 1. The average Bonchev–Trinajstić information content (AvgIpc) is 3.25. The molecule has 0 saturated heterocycles. The summed E-state index contributed by atoms with van der Waals surface area (Å²) in [5.41, 5.74) is -0.179.